The van der Waals surface area contributed by atoms with Crippen LogP contribution in [0.1, 0.15) is 18.4 Å². The number of benzene rings is 1. The molecule has 1 aromatic carbocycles. The molecular formula is C20H19ClN4O2. The number of piperazine rings is 1. The number of nitro groups is 1. The van der Waals surface area contributed by atoms with Crippen molar-refractivity contribution in [3.8, 4) is 11.8 Å². The number of nitrogens with zero attached hydrogens (tertiary/aromatic N) is 4. The van der Waals surface area contributed by atoms with Crippen molar-refractivity contribution in [3.63, 3.8) is 0 Å². The molecule has 3 heterocycles. The second-order valence-corrected chi connectivity index (χ2v) is 7.28. The van der Waals surface area contributed by atoms with Crippen LogP contribution in [0.25, 0.3) is 0 Å². The first-order valence-electron chi connectivity index (χ1n) is 8.98. The molecule has 27 heavy (non-hydrogen) atoms. The molecule has 0 aliphatic carbocycles. The fourth-order valence-corrected chi connectivity index (χ4v) is 4.01. The van der Waals surface area contributed by atoms with Crippen LogP contribution in [0.3, 0.4) is 0 Å². The summed E-state index contributed by atoms with van der Waals surface area (Å²) in [7, 11) is 0. The van der Waals surface area contributed by atoms with Gasteiger partial charge >= 0.3 is 0 Å². The summed E-state index contributed by atoms with van der Waals surface area (Å²) in [5, 5.41) is 11.5. The van der Waals surface area contributed by atoms with Crippen molar-refractivity contribution in [3.05, 3.63) is 63.3 Å². The molecule has 7 heteroatoms. The van der Waals surface area contributed by atoms with Crippen LogP contribution >= 0.6 is 11.6 Å². The molecule has 0 N–H and O–H groups in total. The largest absolute Gasteiger partial charge is 0.354 e. The summed E-state index contributed by atoms with van der Waals surface area (Å²) in [5.41, 5.74) is 0.967. The van der Waals surface area contributed by atoms with Gasteiger partial charge in [0, 0.05) is 42.3 Å². The van der Waals surface area contributed by atoms with Crippen molar-refractivity contribution in [2.24, 2.45) is 0 Å². The maximum Gasteiger partial charge on any atom is 0.287 e. The maximum absolute atomic E-state index is 10.8. The Bertz CT molecular complexity index is 906. The Kier molecular flexibility index (Phi) is 4.97. The predicted octanol–water partition coefficient (Wildman–Crippen LogP) is 3.35. The van der Waals surface area contributed by atoms with Crippen LogP contribution in [0.5, 0.6) is 0 Å². The van der Waals surface area contributed by atoms with Crippen molar-refractivity contribution in [2.75, 3.05) is 24.5 Å². The third kappa shape index (κ3) is 3.90. The summed E-state index contributed by atoms with van der Waals surface area (Å²) in [5.74, 6) is 7.46. The van der Waals surface area contributed by atoms with Crippen molar-refractivity contribution in [2.45, 2.75) is 24.9 Å². The van der Waals surface area contributed by atoms with E-state index in [2.05, 4.69) is 26.6 Å². The van der Waals surface area contributed by atoms with Crippen molar-refractivity contribution >= 4 is 23.1 Å². The van der Waals surface area contributed by atoms with E-state index in [0.717, 1.165) is 43.9 Å². The topological polar surface area (TPSA) is 62.5 Å². The van der Waals surface area contributed by atoms with Crippen molar-refractivity contribution in [1.82, 2.24) is 9.88 Å². The first-order chi connectivity index (χ1) is 13.1. The molecule has 2 aromatic rings. The molecule has 0 bridgehead atoms. The van der Waals surface area contributed by atoms with E-state index in [1.54, 1.807) is 6.07 Å². The minimum atomic E-state index is -0.422. The van der Waals surface area contributed by atoms with E-state index >= 15 is 0 Å². The van der Waals surface area contributed by atoms with Gasteiger partial charge in [-0.2, -0.15) is 0 Å². The summed E-state index contributed by atoms with van der Waals surface area (Å²) >= 11 is 6.03. The second-order valence-electron chi connectivity index (χ2n) is 6.84. The van der Waals surface area contributed by atoms with Crippen LogP contribution in [-0.4, -0.2) is 46.5 Å². The van der Waals surface area contributed by atoms with E-state index in [1.165, 1.54) is 12.3 Å². The van der Waals surface area contributed by atoms with Gasteiger partial charge in [-0.25, -0.2) is 4.98 Å². The number of hydrogen-bond donors (Lipinski definition) is 0. The third-order valence-corrected chi connectivity index (χ3v) is 5.41. The van der Waals surface area contributed by atoms with E-state index in [-0.39, 0.29) is 11.7 Å². The monoisotopic (exact) mass is 382 g/mol. The first-order valence-corrected chi connectivity index (χ1v) is 9.36. The molecule has 2 saturated heterocycles. The summed E-state index contributed by atoms with van der Waals surface area (Å²) in [6.45, 7) is 2.63. The van der Waals surface area contributed by atoms with Crippen LogP contribution in [0.15, 0.2) is 42.6 Å². The molecule has 0 spiro atoms. The Morgan fingerprint density at radius 2 is 2.11 bits per heavy atom. The molecule has 138 valence electrons. The zero-order chi connectivity index (χ0) is 18.8. The fourth-order valence-electron chi connectivity index (χ4n) is 3.82. The van der Waals surface area contributed by atoms with Gasteiger partial charge in [-0.15, -0.1) is 0 Å². The number of anilines is 1. The Morgan fingerprint density at radius 1 is 1.22 bits per heavy atom. The molecule has 2 atom stereocenters. The zero-order valence-corrected chi connectivity index (χ0v) is 15.5. The lowest BCUT2D eigenvalue weighted by molar-refractivity contribution is -0.385. The molecule has 4 rings (SSSR count). The van der Waals surface area contributed by atoms with Crippen LogP contribution in [0.4, 0.5) is 11.5 Å². The molecule has 0 radical (unpaired) electrons. The van der Waals surface area contributed by atoms with E-state index in [4.69, 9.17) is 11.6 Å². The average molecular weight is 383 g/mol. The minimum Gasteiger partial charge on any atom is -0.354 e. The summed E-state index contributed by atoms with van der Waals surface area (Å²) in [6, 6.07) is 11.6. The Hall–Kier alpha value is -2.62. The lowest BCUT2D eigenvalue weighted by Gasteiger charge is -2.39. The highest BCUT2D eigenvalue weighted by Gasteiger charge is 2.36. The van der Waals surface area contributed by atoms with Gasteiger partial charge in [0.25, 0.3) is 5.69 Å². The molecule has 2 fully saturated rings. The van der Waals surface area contributed by atoms with Crippen LogP contribution in [0.2, 0.25) is 5.02 Å². The summed E-state index contributed by atoms with van der Waals surface area (Å²) in [6.07, 6.45) is 3.48. The molecule has 6 nitrogen and oxygen atoms in total. The quantitative estimate of drug-likeness (QED) is 0.453. The molecule has 0 saturated carbocycles. The SMILES string of the molecule is O=[N+]([O-])c1ccc(N2CCN3[C@@H](CC[C@H]3C#Cc3cccc(Cl)c3)C2)nc1. The molecular weight excluding hydrogens is 364 g/mol. The van der Waals surface area contributed by atoms with Crippen LogP contribution < -0.4 is 4.90 Å². The highest BCUT2D eigenvalue weighted by molar-refractivity contribution is 6.30. The van der Waals surface area contributed by atoms with Gasteiger partial charge in [-0.3, -0.25) is 15.0 Å². The average Bonchev–Trinajstić information content (AvgIpc) is 3.09. The van der Waals surface area contributed by atoms with Crippen LogP contribution in [-0.2, 0) is 0 Å². The lowest BCUT2D eigenvalue weighted by Crippen LogP contribution is -2.52. The molecule has 2 aliphatic heterocycles. The molecule has 0 amide bonds. The number of pyridine rings is 1. The lowest BCUT2D eigenvalue weighted by atomic mass is 10.1. The van der Waals surface area contributed by atoms with E-state index < -0.39 is 4.92 Å². The predicted molar refractivity (Wildman–Crippen MR) is 105 cm³/mol. The highest BCUT2D eigenvalue weighted by Crippen LogP contribution is 2.29. The highest BCUT2D eigenvalue weighted by atomic mass is 35.5. The second kappa shape index (κ2) is 7.55. The Balaban J connectivity index is 1.42. The third-order valence-electron chi connectivity index (χ3n) is 5.18. The van der Waals surface area contributed by atoms with E-state index in [0.29, 0.717) is 11.1 Å². The summed E-state index contributed by atoms with van der Waals surface area (Å²) < 4.78 is 0. The van der Waals surface area contributed by atoms with E-state index in [9.17, 15) is 10.1 Å². The van der Waals surface area contributed by atoms with Gasteiger partial charge in [0.15, 0.2) is 0 Å². The standard InChI is InChI=1S/C20H19ClN4O2/c21-16-3-1-2-15(12-16)4-5-17-6-7-19-14-23(10-11-24(17)19)20-9-8-18(13-22-20)25(26)27/h1-3,8-9,12-13,17,19H,6-7,10-11,14H2/t17-,19+/m1/s1. The number of rotatable bonds is 2. The fraction of sp³-hybridized carbons (Fsp3) is 0.350. The van der Waals surface area contributed by atoms with Gasteiger partial charge < -0.3 is 4.90 Å². The van der Waals surface area contributed by atoms with Crippen molar-refractivity contribution in [1.29, 1.82) is 0 Å². The number of fused-ring (bicyclic) bond motifs is 1. The van der Waals surface area contributed by atoms with Crippen molar-refractivity contribution < 1.29 is 4.92 Å². The molecule has 1 aromatic heterocycles. The van der Waals surface area contributed by atoms with Gasteiger partial charge in [-0.05, 0) is 37.1 Å². The smallest absolute Gasteiger partial charge is 0.287 e. The van der Waals surface area contributed by atoms with Gasteiger partial charge in [-0.1, -0.05) is 29.5 Å². The van der Waals surface area contributed by atoms with E-state index in [1.807, 2.05) is 24.3 Å². The van der Waals surface area contributed by atoms with Crippen LogP contribution in [0, 0.1) is 22.0 Å². The summed E-state index contributed by atoms with van der Waals surface area (Å²) in [4.78, 5) is 19.3. The number of halogens is 1. The molecule has 2 aliphatic rings. The number of aromatic nitrogens is 1. The normalized spacial score (nSPS) is 22.0. The molecule has 0 unspecified atom stereocenters. The van der Waals surface area contributed by atoms with Gasteiger partial charge in [0.05, 0.1) is 11.0 Å². The Labute approximate surface area is 162 Å². The minimum absolute atomic E-state index is 0.0228. The Morgan fingerprint density at radius 3 is 2.85 bits per heavy atom. The van der Waals surface area contributed by atoms with Gasteiger partial charge in [0.1, 0.15) is 12.0 Å². The maximum atomic E-state index is 10.8. The first kappa shape index (κ1) is 17.8. The number of hydrogen-bond acceptors (Lipinski definition) is 5. The zero-order valence-electron chi connectivity index (χ0n) is 14.7. The van der Waals surface area contributed by atoms with Gasteiger partial charge in [0.2, 0.25) is 0 Å².